The normalized spacial score (nSPS) is 15.5. The minimum absolute atomic E-state index is 0.0268. The smallest absolute Gasteiger partial charge is 0.251 e. The molecular formula is C19H24N2O2. The van der Waals surface area contributed by atoms with E-state index in [0.29, 0.717) is 18.5 Å². The highest BCUT2D eigenvalue weighted by Gasteiger charge is 2.11. The van der Waals surface area contributed by atoms with E-state index in [1.165, 1.54) is 37.9 Å². The Kier molecular flexibility index (Phi) is 5.48. The van der Waals surface area contributed by atoms with Crippen LogP contribution in [0.3, 0.4) is 0 Å². The van der Waals surface area contributed by atoms with Crippen LogP contribution in [0.2, 0.25) is 0 Å². The van der Waals surface area contributed by atoms with E-state index in [1.54, 1.807) is 6.26 Å². The van der Waals surface area contributed by atoms with Crippen LogP contribution in [-0.2, 0) is 13.0 Å². The van der Waals surface area contributed by atoms with Crippen LogP contribution < -0.4 is 5.32 Å². The van der Waals surface area contributed by atoms with Crippen LogP contribution in [-0.4, -0.2) is 30.4 Å². The van der Waals surface area contributed by atoms with Crippen LogP contribution in [0.5, 0.6) is 0 Å². The van der Waals surface area contributed by atoms with E-state index in [4.69, 9.17) is 4.42 Å². The molecule has 122 valence electrons. The van der Waals surface area contributed by atoms with Crippen molar-refractivity contribution in [2.45, 2.75) is 32.2 Å². The molecule has 0 unspecified atom stereocenters. The summed E-state index contributed by atoms with van der Waals surface area (Å²) in [5.41, 5.74) is 1.99. The zero-order valence-electron chi connectivity index (χ0n) is 13.5. The highest BCUT2D eigenvalue weighted by atomic mass is 16.3. The summed E-state index contributed by atoms with van der Waals surface area (Å²) in [4.78, 5) is 14.6. The van der Waals surface area contributed by atoms with Crippen molar-refractivity contribution in [3.05, 3.63) is 59.5 Å². The molecule has 2 heterocycles. The molecular weight excluding hydrogens is 288 g/mol. The molecule has 4 nitrogen and oxygen atoms in total. The van der Waals surface area contributed by atoms with E-state index in [1.807, 2.05) is 24.3 Å². The van der Waals surface area contributed by atoms with Gasteiger partial charge in [-0.05, 0) is 55.8 Å². The molecule has 0 spiro atoms. The zero-order chi connectivity index (χ0) is 15.9. The van der Waals surface area contributed by atoms with Crippen LogP contribution in [0.1, 0.15) is 40.9 Å². The molecule has 1 aliphatic rings. The Bertz CT molecular complexity index is 599. The standard InChI is InChI=1S/C19H24N2O2/c22-19(20-11-10-18-5-4-14-23-18)17-8-6-16(7-9-17)15-21-12-2-1-3-13-21/h4-9,14H,1-3,10-13,15H2,(H,20,22). The van der Waals surface area contributed by atoms with Gasteiger partial charge in [-0.3, -0.25) is 9.69 Å². The predicted molar refractivity (Wildman–Crippen MR) is 90.3 cm³/mol. The van der Waals surface area contributed by atoms with Gasteiger partial charge in [0.05, 0.1) is 6.26 Å². The number of rotatable bonds is 6. The Labute approximate surface area is 137 Å². The average Bonchev–Trinajstić information content (AvgIpc) is 3.10. The van der Waals surface area contributed by atoms with E-state index in [2.05, 4.69) is 22.3 Å². The van der Waals surface area contributed by atoms with E-state index in [9.17, 15) is 4.79 Å². The van der Waals surface area contributed by atoms with Crippen molar-refractivity contribution in [1.82, 2.24) is 10.2 Å². The van der Waals surface area contributed by atoms with Crippen LogP contribution >= 0.6 is 0 Å². The third-order valence-corrected chi connectivity index (χ3v) is 4.31. The third kappa shape index (κ3) is 4.70. The fraction of sp³-hybridized carbons (Fsp3) is 0.421. The number of nitrogens with one attached hydrogen (secondary N) is 1. The molecule has 0 saturated carbocycles. The van der Waals surface area contributed by atoms with E-state index in [-0.39, 0.29) is 5.91 Å². The summed E-state index contributed by atoms with van der Waals surface area (Å²) < 4.78 is 5.25. The van der Waals surface area contributed by atoms with Crippen molar-refractivity contribution in [3.63, 3.8) is 0 Å². The number of furan rings is 1. The van der Waals surface area contributed by atoms with Gasteiger partial charge in [-0.1, -0.05) is 18.6 Å². The number of benzene rings is 1. The molecule has 1 N–H and O–H groups in total. The van der Waals surface area contributed by atoms with Gasteiger partial charge < -0.3 is 9.73 Å². The van der Waals surface area contributed by atoms with Gasteiger partial charge in [-0.2, -0.15) is 0 Å². The maximum atomic E-state index is 12.1. The largest absolute Gasteiger partial charge is 0.469 e. The maximum absolute atomic E-state index is 12.1. The quantitative estimate of drug-likeness (QED) is 0.890. The Morgan fingerprint density at radius 1 is 1.09 bits per heavy atom. The highest BCUT2D eigenvalue weighted by Crippen LogP contribution is 2.13. The lowest BCUT2D eigenvalue weighted by molar-refractivity contribution is 0.0953. The molecule has 1 saturated heterocycles. The van der Waals surface area contributed by atoms with Gasteiger partial charge in [0, 0.05) is 25.1 Å². The first kappa shape index (κ1) is 15.8. The molecule has 0 atom stereocenters. The van der Waals surface area contributed by atoms with Crippen LogP contribution in [0, 0.1) is 0 Å². The van der Waals surface area contributed by atoms with Gasteiger partial charge in [-0.25, -0.2) is 0 Å². The number of carbonyl (C=O) groups excluding carboxylic acids is 1. The summed E-state index contributed by atoms with van der Waals surface area (Å²) in [5.74, 6) is 0.864. The number of carbonyl (C=O) groups is 1. The van der Waals surface area contributed by atoms with Crippen molar-refractivity contribution in [1.29, 1.82) is 0 Å². The Morgan fingerprint density at radius 3 is 2.57 bits per heavy atom. The minimum atomic E-state index is -0.0268. The first-order chi connectivity index (χ1) is 11.3. The fourth-order valence-electron chi connectivity index (χ4n) is 2.99. The molecule has 0 bridgehead atoms. The summed E-state index contributed by atoms with van der Waals surface area (Å²) in [6.45, 7) is 3.95. The van der Waals surface area contributed by atoms with Gasteiger partial charge in [0.25, 0.3) is 5.91 Å². The molecule has 1 aromatic carbocycles. The van der Waals surface area contributed by atoms with Crippen molar-refractivity contribution < 1.29 is 9.21 Å². The van der Waals surface area contributed by atoms with Crippen LogP contribution in [0.4, 0.5) is 0 Å². The second-order valence-corrected chi connectivity index (χ2v) is 6.12. The first-order valence-electron chi connectivity index (χ1n) is 8.43. The monoisotopic (exact) mass is 312 g/mol. The number of hydrogen-bond donors (Lipinski definition) is 1. The third-order valence-electron chi connectivity index (χ3n) is 4.31. The number of piperidine rings is 1. The summed E-state index contributed by atoms with van der Waals surface area (Å²) >= 11 is 0. The molecule has 2 aromatic rings. The number of likely N-dealkylation sites (tertiary alicyclic amines) is 1. The second kappa shape index (κ2) is 7.97. The molecule has 0 aliphatic carbocycles. The average molecular weight is 312 g/mol. The summed E-state index contributed by atoms with van der Waals surface area (Å²) in [7, 11) is 0. The molecule has 23 heavy (non-hydrogen) atoms. The highest BCUT2D eigenvalue weighted by molar-refractivity contribution is 5.94. The maximum Gasteiger partial charge on any atom is 0.251 e. The first-order valence-corrected chi connectivity index (χ1v) is 8.43. The van der Waals surface area contributed by atoms with Gasteiger partial charge in [-0.15, -0.1) is 0 Å². The van der Waals surface area contributed by atoms with Crippen LogP contribution in [0.15, 0.2) is 47.1 Å². The summed E-state index contributed by atoms with van der Waals surface area (Å²) in [6, 6.07) is 11.7. The van der Waals surface area contributed by atoms with Crippen molar-refractivity contribution in [2.24, 2.45) is 0 Å². The van der Waals surface area contributed by atoms with E-state index < -0.39 is 0 Å². The predicted octanol–water partition coefficient (Wildman–Crippen LogP) is 3.24. The topological polar surface area (TPSA) is 45.5 Å². The second-order valence-electron chi connectivity index (χ2n) is 6.12. The van der Waals surface area contributed by atoms with Gasteiger partial charge in [0.1, 0.15) is 5.76 Å². The number of amides is 1. The molecule has 1 amide bonds. The molecule has 1 fully saturated rings. The summed E-state index contributed by atoms with van der Waals surface area (Å²) in [5, 5.41) is 2.93. The van der Waals surface area contributed by atoms with Gasteiger partial charge in [0.2, 0.25) is 0 Å². The SMILES string of the molecule is O=C(NCCc1ccco1)c1ccc(CN2CCCCC2)cc1. The number of nitrogens with zero attached hydrogens (tertiary/aromatic N) is 1. The lowest BCUT2D eigenvalue weighted by Gasteiger charge is -2.26. The van der Waals surface area contributed by atoms with Gasteiger partial charge >= 0.3 is 0 Å². The van der Waals surface area contributed by atoms with E-state index >= 15 is 0 Å². The Balaban J connectivity index is 1.46. The lowest BCUT2D eigenvalue weighted by atomic mass is 10.1. The summed E-state index contributed by atoms with van der Waals surface area (Å²) in [6.07, 6.45) is 6.32. The Hall–Kier alpha value is -2.07. The van der Waals surface area contributed by atoms with Crippen molar-refractivity contribution in [3.8, 4) is 0 Å². The molecule has 3 rings (SSSR count). The minimum Gasteiger partial charge on any atom is -0.469 e. The van der Waals surface area contributed by atoms with Gasteiger partial charge in [0.15, 0.2) is 0 Å². The lowest BCUT2D eigenvalue weighted by Crippen LogP contribution is -2.29. The molecule has 1 aromatic heterocycles. The fourth-order valence-corrected chi connectivity index (χ4v) is 2.99. The number of hydrogen-bond acceptors (Lipinski definition) is 3. The van der Waals surface area contributed by atoms with Crippen molar-refractivity contribution >= 4 is 5.91 Å². The Morgan fingerprint density at radius 2 is 1.87 bits per heavy atom. The van der Waals surface area contributed by atoms with Crippen molar-refractivity contribution in [2.75, 3.05) is 19.6 Å². The molecule has 4 heteroatoms. The van der Waals surface area contributed by atoms with E-state index in [0.717, 1.165) is 12.3 Å². The van der Waals surface area contributed by atoms with Crippen LogP contribution in [0.25, 0.3) is 0 Å². The zero-order valence-corrected chi connectivity index (χ0v) is 13.5. The molecule has 1 aliphatic heterocycles. The molecule has 0 radical (unpaired) electrons.